The topological polar surface area (TPSA) is 72.7 Å². The Balaban J connectivity index is 2.87. The van der Waals surface area contributed by atoms with E-state index in [9.17, 15) is 9.59 Å². The van der Waals surface area contributed by atoms with Gasteiger partial charge in [-0.15, -0.1) is 0 Å². The second-order valence-electron chi connectivity index (χ2n) is 3.43. The third kappa shape index (κ3) is 1.38. The molecule has 6 heteroatoms. The molecular formula is C9H12N4O2. The van der Waals surface area contributed by atoms with E-state index in [2.05, 4.69) is 9.97 Å². The molecule has 2 heterocycles. The smallest absolute Gasteiger partial charge is 0.325 e. The molecule has 0 radical (unpaired) electrons. The minimum atomic E-state index is -0.436. The van der Waals surface area contributed by atoms with Crippen LogP contribution in [0.25, 0.3) is 11.2 Å². The molecule has 1 N–H and O–H groups in total. The van der Waals surface area contributed by atoms with Crippen molar-refractivity contribution in [1.82, 2.24) is 19.1 Å². The fraction of sp³-hybridized carbons (Fsp3) is 0.444. The summed E-state index contributed by atoms with van der Waals surface area (Å²) in [5.74, 6) is 0. The maximum atomic E-state index is 11.6. The summed E-state index contributed by atoms with van der Waals surface area (Å²) in [6.45, 7) is 2.74. The van der Waals surface area contributed by atoms with Crippen molar-refractivity contribution in [3.05, 3.63) is 27.2 Å². The third-order valence-electron chi connectivity index (χ3n) is 2.34. The molecule has 0 aliphatic carbocycles. The van der Waals surface area contributed by atoms with Crippen LogP contribution in [0.4, 0.5) is 0 Å². The SMILES string of the molecule is CCCn1cnc2c1c(=O)[nH]c(=O)n2C. The highest BCUT2D eigenvalue weighted by Gasteiger charge is 2.10. The first-order valence-electron chi connectivity index (χ1n) is 4.79. The van der Waals surface area contributed by atoms with Crippen LogP contribution in [-0.4, -0.2) is 19.1 Å². The molecule has 0 unspecified atom stereocenters. The van der Waals surface area contributed by atoms with Crippen molar-refractivity contribution in [3.63, 3.8) is 0 Å². The average molecular weight is 208 g/mol. The van der Waals surface area contributed by atoms with Gasteiger partial charge in [0.25, 0.3) is 5.56 Å². The molecule has 0 saturated carbocycles. The molecule has 2 aromatic rings. The van der Waals surface area contributed by atoms with Crippen LogP contribution in [0.5, 0.6) is 0 Å². The molecule has 0 spiro atoms. The fourth-order valence-corrected chi connectivity index (χ4v) is 1.60. The minimum Gasteiger partial charge on any atom is -0.325 e. The van der Waals surface area contributed by atoms with Crippen LogP contribution in [-0.2, 0) is 13.6 Å². The molecule has 15 heavy (non-hydrogen) atoms. The molecule has 0 aliphatic heterocycles. The second kappa shape index (κ2) is 3.38. The largest absolute Gasteiger partial charge is 0.329 e. The van der Waals surface area contributed by atoms with E-state index in [-0.39, 0.29) is 5.56 Å². The highest BCUT2D eigenvalue weighted by Crippen LogP contribution is 2.04. The molecule has 0 saturated heterocycles. The van der Waals surface area contributed by atoms with E-state index in [4.69, 9.17) is 0 Å². The Morgan fingerprint density at radius 3 is 2.87 bits per heavy atom. The van der Waals surface area contributed by atoms with Gasteiger partial charge in [0, 0.05) is 13.6 Å². The van der Waals surface area contributed by atoms with Crippen LogP contribution < -0.4 is 11.2 Å². The normalized spacial score (nSPS) is 11.1. The van der Waals surface area contributed by atoms with Gasteiger partial charge in [-0.05, 0) is 6.42 Å². The summed E-state index contributed by atoms with van der Waals surface area (Å²) in [5.41, 5.74) is 0.0736. The Labute approximate surface area is 85.2 Å². The number of nitrogens with one attached hydrogen (secondary N) is 1. The molecule has 0 amide bonds. The van der Waals surface area contributed by atoms with E-state index in [1.807, 2.05) is 6.92 Å². The third-order valence-corrected chi connectivity index (χ3v) is 2.34. The summed E-state index contributed by atoms with van der Waals surface area (Å²) < 4.78 is 3.09. The second-order valence-corrected chi connectivity index (χ2v) is 3.43. The van der Waals surface area contributed by atoms with Crippen molar-refractivity contribution >= 4 is 11.2 Å². The van der Waals surface area contributed by atoms with Crippen LogP contribution >= 0.6 is 0 Å². The van der Waals surface area contributed by atoms with Gasteiger partial charge < -0.3 is 4.57 Å². The first kappa shape index (κ1) is 9.70. The molecule has 0 aliphatic rings. The van der Waals surface area contributed by atoms with Crippen LogP contribution in [0, 0.1) is 0 Å². The van der Waals surface area contributed by atoms with Crippen LogP contribution in [0.15, 0.2) is 15.9 Å². The van der Waals surface area contributed by atoms with E-state index >= 15 is 0 Å². The molecular weight excluding hydrogens is 196 g/mol. The van der Waals surface area contributed by atoms with Crippen molar-refractivity contribution < 1.29 is 0 Å². The van der Waals surface area contributed by atoms with Gasteiger partial charge in [-0.2, -0.15) is 0 Å². The average Bonchev–Trinajstić information content (AvgIpc) is 2.59. The first-order valence-corrected chi connectivity index (χ1v) is 4.79. The molecule has 0 fully saturated rings. The van der Waals surface area contributed by atoms with E-state index in [0.29, 0.717) is 11.2 Å². The highest BCUT2D eigenvalue weighted by atomic mass is 16.2. The lowest BCUT2D eigenvalue weighted by Gasteiger charge is -2.01. The zero-order valence-electron chi connectivity index (χ0n) is 8.65. The number of aryl methyl sites for hydroxylation is 2. The summed E-state index contributed by atoms with van der Waals surface area (Å²) in [6, 6.07) is 0. The zero-order chi connectivity index (χ0) is 11.0. The van der Waals surface area contributed by atoms with Gasteiger partial charge in [-0.3, -0.25) is 14.3 Å². The van der Waals surface area contributed by atoms with Gasteiger partial charge in [-0.25, -0.2) is 9.78 Å². The Hall–Kier alpha value is -1.85. The van der Waals surface area contributed by atoms with E-state index in [0.717, 1.165) is 13.0 Å². The molecule has 0 aromatic carbocycles. The lowest BCUT2D eigenvalue weighted by Crippen LogP contribution is -2.29. The number of fused-ring (bicyclic) bond motifs is 1. The maximum Gasteiger partial charge on any atom is 0.329 e. The number of rotatable bonds is 2. The molecule has 80 valence electrons. The lowest BCUT2D eigenvalue weighted by molar-refractivity contribution is 0.693. The Bertz CT molecular complexity index is 605. The predicted octanol–water partition coefficient (Wildman–Crippen LogP) is -0.167. The van der Waals surface area contributed by atoms with Crippen molar-refractivity contribution in [2.75, 3.05) is 0 Å². The van der Waals surface area contributed by atoms with Gasteiger partial charge in [0.05, 0.1) is 6.33 Å². The van der Waals surface area contributed by atoms with Crippen molar-refractivity contribution in [1.29, 1.82) is 0 Å². The van der Waals surface area contributed by atoms with Gasteiger partial charge in [0.15, 0.2) is 11.2 Å². The number of H-pyrrole nitrogens is 1. The van der Waals surface area contributed by atoms with Gasteiger partial charge in [-0.1, -0.05) is 6.92 Å². The molecule has 0 atom stereocenters. The Kier molecular flexibility index (Phi) is 2.18. The zero-order valence-corrected chi connectivity index (χ0v) is 8.65. The maximum absolute atomic E-state index is 11.6. The molecule has 2 aromatic heterocycles. The van der Waals surface area contributed by atoms with Gasteiger partial charge in [0.2, 0.25) is 0 Å². The van der Waals surface area contributed by atoms with E-state index in [1.54, 1.807) is 17.9 Å². The highest BCUT2D eigenvalue weighted by molar-refractivity contribution is 5.69. The minimum absolute atomic E-state index is 0.376. The number of aromatic amines is 1. The summed E-state index contributed by atoms with van der Waals surface area (Å²) in [6.07, 6.45) is 2.50. The van der Waals surface area contributed by atoms with E-state index < -0.39 is 5.69 Å². The lowest BCUT2D eigenvalue weighted by atomic mass is 10.4. The molecule has 2 rings (SSSR count). The number of aromatic nitrogens is 4. The van der Waals surface area contributed by atoms with Crippen LogP contribution in [0.3, 0.4) is 0 Å². The van der Waals surface area contributed by atoms with E-state index in [1.165, 1.54) is 4.57 Å². The van der Waals surface area contributed by atoms with Crippen molar-refractivity contribution in [3.8, 4) is 0 Å². The van der Waals surface area contributed by atoms with Crippen molar-refractivity contribution in [2.45, 2.75) is 19.9 Å². The monoisotopic (exact) mass is 208 g/mol. The summed E-state index contributed by atoms with van der Waals surface area (Å²) in [7, 11) is 1.59. The Morgan fingerprint density at radius 1 is 1.47 bits per heavy atom. The van der Waals surface area contributed by atoms with Crippen LogP contribution in [0.1, 0.15) is 13.3 Å². The standard InChI is InChI=1S/C9H12N4O2/c1-3-4-13-5-10-7-6(13)8(14)11-9(15)12(7)2/h5H,3-4H2,1-2H3,(H,11,14,15). The number of hydrogen-bond donors (Lipinski definition) is 1. The quantitative estimate of drug-likeness (QED) is 0.744. The fourth-order valence-electron chi connectivity index (χ4n) is 1.60. The summed E-state index contributed by atoms with van der Waals surface area (Å²) in [5, 5.41) is 0. The van der Waals surface area contributed by atoms with Crippen LogP contribution in [0.2, 0.25) is 0 Å². The number of nitrogens with zero attached hydrogens (tertiary/aromatic N) is 3. The number of hydrogen-bond acceptors (Lipinski definition) is 3. The Morgan fingerprint density at radius 2 is 2.20 bits per heavy atom. The summed E-state index contributed by atoms with van der Waals surface area (Å²) >= 11 is 0. The van der Waals surface area contributed by atoms with Crippen molar-refractivity contribution in [2.24, 2.45) is 7.05 Å². The molecule has 0 bridgehead atoms. The first-order chi connectivity index (χ1) is 7.15. The van der Waals surface area contributed by atoms with Gasteiger partial charge >= 0.3 is 5.69 Å². The summed E-state index contributed by atoms with van der Waals surface area (Å²) in [4.78, 5) is 29.2. The van der Waals surface area contributed by atoms with Gasteiger partial charge in [0.1, 0.15) is 0 Å². The number of imidazole rings is 1. The molecule has 6 nitrogen and oxygen atoms in total. The predicted molar refractivity (Wildman–Crippen MR) is 55.9 cm³/mol.